The van der Waals surface area contributed by atoms with Gasteiger partial charge in [-0.25, -0.2) is 13.4 Å². The second-order valence-corrected chi connectivity index (χ2v) is 7.20. The van der Waals surface area contributed by atoms with Crippen molar-refractivity contribution in [3.05, 3.63) is 17.3 Å². The lowest BCUT2D eigenvalue weighted by atomic mass is 10.3. The Labute approximate surface area is 120 Å². The van der Waals surface area contributed by atoms with Crippen LogP contribution in [0.2, 0.25) is 0 Å². The van der Waals surface area contributed by atoms with Crippen LogP contribution in [0.5, 0.6) is 0 Å². The molecular formula is C11H15N5O2S2. The molecule has 0 spiro atoms. The zero-order valence-electron chi connectivity index (χ0n) is 10.9. The molecule has 0 aromatic carbocycles. The number of thiazole rings is 1. The van der Waals surface area contributed by atoms with Crippen molar-refractivity contribution in [1.29, 1.82) is 0 Å². The first kappa shape index (κ1) is 13.4. The summed E-state index contributed by atoms with van der Waals surface area (Å²) in [4.78, 5) is 4.29. The van der Waals surface area contributed by atoms with Crippen molar-refractivity contribution in [2.45, 2.75) is 37.1 Å². The fourth-order valence-corrected chi connectivity index (χ4v) is 3.98. The SMILES string of the molecule is CCn1cc(S(=O)(=O)Nc2nc(C3CC3)cs2)c(N)n1. The van der Waals surface area contributed by atoms with E-state index in [9.17, 15) is 8.42 Å². The van der Waals surface area contributed by atoms with Crippen molar-refractivity contribution in [3.8, 4) is 0 Å². The Morgan fingerprint density at radius 2 is 2.30 bits per heavy atom. The Morgan fingerprint density at radius 3 is 2.90 bits per heavy atom. The van der Waals surface area contributed by atoms with Crippen LogP contribution in [0.15, 0.2) is 16.5 Å². The molecule has 2 aromatic rings. The van der Waals surface area contributed by atoms with Crippen molar-refractivity contribution in [3.63, 3.8) is 0 Å². The third-order valence-electron chi connectivity index (χ3n) is 3.11. The van der Waals surface area contributed by atoms with Gasteiger partial charge in [0.15, 0.2) is 10.9 Å². The molecule has 0 saturated heterocycles. The van der Waals surface area contributed by atoms with E-state index in [2.05, 4.69) is 14.8 Å². The molecule has 3 N–H and O–H groups in total. The fraction of sp³-hybridized carbons (Fsp3) is 0.455. The van der Waals surface area contributed by atoms with E-state index in [1.165, 1.54) is 22.2 Å². The first-order valence-corrected chi connectivity index (χ1v) is 8.67. The van der Waals surface area contributed by atoms with E-state index in [-0.39, 0.29) is 10.7 Å². The second kappa shape index (κ2) is 4.74. The van der Waals surface area contributed by atoms with Crippen molar-refractivity contribution < 1.29 is 8.42 Å². The normalized spacial score (nSPS) is 15.4. The molecule has 9 heteroatoms. The molecule has 20 heavy (non-hydrogen) atoms. The summed E-state index contributed by atoms with van der Waals surface area (Å²) in [7, 11) is -3.74. The quantitative estimate of drug-likeness (QED) is 0.873. The summed E-state index contributed by atoms with van der Waals surface area (Å²) in [6.45, 7) is 2.42. The summed E-state index contributed by atoms with van der Waals surface area (Å²) in [5, 5.41) is 6.21. The van der Waals surface area contributed by atoms with Gasteiger partial charge in [0.1, 0.15) is 4.90 Å². The molecule has 0 bridgehead atoms. The van der Waals surface area contributed by atoms with Gasteiger partial charge in [-0.2, -0.15) is 5.10 Å². The number of sulfonamides is 1. The van der Waals surface area contributed by atoms with Gasteiger partial charge in [0.2, 0.25) is 0 Å². The van der Waals surface area contributed by atoms with Crippen LogP contribution >= 0.6 is 11.3 Å². The molecule has 108 valence electrons. The number of rotatable bonds is 5. The zero-order chi connectivity index (χ0) is 14.3. The maximum Gasteiger partial charge on any atom is 0.268 e. The Kier molecular flexibility index (Phi) is 3.17. The Hall–Kier alpha value is -1.61. The van der Waals surface area contributed by atoms with Crippen molar-refractivity contribution in [2.24, 2.45) is 0 Å². The molecule has 1 saturated carbocycles. The standard InChI is InChI=1S/C11H15N5O2S2/c1-2-16-5-9(10(12)14-16)20(17,18)15-11-13-8(6-19-11)7-3-4-7/h5-7H,2-4H2,1H3,(H2,12,14)(H,13,15). The lowest BCUT2D eigenvalue weighted by Gasteiger charge is -2.02. The van der Waals surface area contributed by atoms with Gasteiger partial charge in [0.25, 0.3) is 10.0 Å². The maximum atomic E-state index is 12.3. The Bertz CT molecular complexity index is 730. The molecule has 0 aliphatic heterocycles. The van der Waals surface area contributed by atoms with Crippen molar-refractivity contribution in [2.75, 3.05) is 10.5 Å². The van der Waals surface area contributed by atoms with Gasteiger partial charge in [0, 0.05) is 24.0 Å². The lowest BCUT2D eigenvalue weighted by Crippen LogP contribution is -2.13. The summed E-state index contributed by atoms with van der Waals surface area (Å²) in [5.74, 6) is 0.496. The lowest BCUT2D eigenvalue weighted by molar-refractivity contribution is 0.600. The summed E-state index contributed by atoms with van der Waals surface area (Å²) in [6, 6.07) is 0. The van der Waals surface area contributed by atoms with Gasteiger partial charge in [-0.3, -0.25) is 9.40 Å². The number of nitrogens with one attached hydrogen (secondary N) is 1. The average Bonchev–Trinajstić information content (AvgIpc) is 3.02. The third kappa shape index (κ3) is 2.50. The van der Waals surface area contributed by atoms with Crippen LogP contribution < -0.4 is 10.5 Å². The van der Waals surface area contributed by atoms with Crippen LogP contribution in [0.1, 0.15) is 31.4 Å². The highest BCUT2D eigenvalue weighted by molar-refractivity contribution is 7.93. The van der Waals surface area contributed by atoms with Gasteiger partial charge < -0.3 is 5.73 Å². The van der Waals surface area contributed by atoms with Crippen molar-refractivity contribution >= 4 is 32.3 Å². The van der Waals surface area contributed by atoms with Gasteiger partial charge >= 0.3 is 0 Å². The number of hydrogen-bond acceptors (Lipinski definition) is 6. The predicted octanol–water partition coefficient (Wildman–Crippen LogP) is 1.62. The molecule has 2 heterocycles. The average molecular weight is 313 g/mol. The monoisotopic (exact) mass is 313 g/mol. The topological polar surface area (TPSA) is 103 Å². The van der Waals surface area contributed by atoms with Crippen LogP contribution in [0.3, 0.4) is 0 Å². The van der Waals surface area contributed by atoms with E-state index in [1.54, 1.807) is 0 Å². The smallest absolute Gasteiger partial charge is 0.268 e. The molecule has 2 aromatic heterocycles. The molecule has 0 radical (unpaired) electrons. The highest BCUT2D eigenvalue weighted by atomic mass is 32.2. The molecule has 7 nitrogen and oxygen atoms in total. The molecule has 1 aliphatic rings. The minimum absolute atomic E-state index is 0.00155. The van der Waals surface area contributed by atoms with E-state index in [1.807, 2.05) is 12.3 Å². The molecule has 0 amide bonds. The van der Waals surface area contributed by atoms with Crippen molar-refractivity contribution in [1.82, 2.24) is 14.8 Å². The molecule has 3 rings (SSSR count). The van der Waals surface area contributed by atoms with Crippen LogP contribution in [-0.2, 0) is 16.6 Å². The summed E-state index contributed by atoms with van der Waals surface area (Å²) in [5.41, 5.74) is 6.61. The second-order valence-electron chi connectivity index (χ2n) is 4.69. The van der Waals surface area contributed by atoms with E-state index in [0.29, 0.717) is 17.6 Å². The number of nitrogen functional groups attached to an aromatic ring is 1. The Morgan fingerprint density at radius 1 is 1.55 bits per heavy atom. The number of aryl methyl sites for hydroxylation is 1. The third-order valence-corrected chi connectivity index (χ3v) is 5.37. The predicted molar refractivity (Wildman–Crippen MR) is 77.2 cm³/mol. The van der Waals surface area contributed by atoms with Crippen LogP contribution in [-0.4, -0.2) is 23.2 Å². The molecule has 0 atom stereocenters. The van der Waals surface area contributed by atoms with Gasteiger partial charge in [-0.1, -0.05) is 0 Å². The first-order chi connectivity index (χ1) is 9.49. The summed E-state index contributed by atoms with van der Waals surface area (Å²) < 4.78 is 28.5. The van der Waals surface area contributed by atoms with Crippen LogP contribution in [0.4, 0.5) is 10.9 Å². The number of nitrogens with two attached hydrogens (primary N) is 1. The number of anilines is 2. The maximum absolute atomic E-state index is 12.3. The molecule has 0 unspecified atom stereocenters. The van der Waals surface area contributed by atoms with Crippen LogP contribution in [0, 0.1) is 0 Å². The van der Waals surface area contributed by atoms with E-state index < -0.39 is 10.0 Å². The van der Waals surface area contributed by atoms with E-state index in [0.717, 1.165) is 18.5 Å². The van der Waals surface area contributed by atoms with Gasteiger partial charge in [-0.15, -0.1) is 11.3 Å². The van der Waals surface area contributed by atoms with Gasteiger partial charge in [-0.05, 0) is 19.8 Å². The Balaban J connectivity index is 1.84. The minimum atomic E-state index is -3.74. The molecular weight excluding hydrogens is 298 g/mol. The largest absolute Gasteiger partial charge is 0.381 e. The van der Waals surface area contributed by atoms with Crippen LogP contribution in [0.25, 0.3) is 0 Å². The molecule has 1 aliphatic carbocycles. The number of hydrogen-bond donors (Lipinski definition) is 2. The number of aromatic nitrogens is 3. The molecule has 1 fully saturated rings. The highest BCUT2D eigenvalue weighted by Crippen LogP contribution is 2.41. The van der Waals surface area contributed by atoms with Gasteiger partial charge in [0.05, 0.1) is 5.69 Å². The highest BCUT2D eigenvalue weighted by Gasteiger charge is 2.27. The zero-order valence-corrected chi connectivity index (χ0v) is 12.5. The fourth-order valence-electron chi connectivity index (χ4n) is 1.86. The summed E-state index contributed by atoms with van der Waals surface area (Å²) >= 11 is 1.29. The first-order valence-electron chi connectivity index (χ1n) is 6.30. The summed E-state index contributed by atoms with van der Waals surface area (Å²) in [6.07, 6.45) is 3.69. The van der Waals surface area contributed by atoms with E-state index >= 15 is 0 Å². The van der Waals surface area contributed by atoms with E-state index in [4.69, 9.17) is 5.73 Å². The number of nitrogens with zero attached hydrogens (tertiary/aromatic N) is 3. The minimum Gasteiger partial charge on any atom is -0.381 e.